The number of hydrogen-bond donors (Lipinski definition) is 0. The van der Waals surface area contributed by atoms with E-state index < -0.39 is 11.4 Å². The molecule has 3 aromatic rings. The average Bonchev–Trinajstić information content (AvgIpc) is 2.40. The van der Waals surface area contributed by atoms with Gasteiger partial charge in [-0.3, -0.25) is 0 Å². The highest BCUT2D eigenvalue weighted by Gasteiger charge is 2.10. The first-order valence-electron chi connectivity index (χ1n) is 5.02. The zero-order valence-corrected chi connectivity index (χ0v) is 8.96. The van der Waals surface area contributed by atoms with Gasteiger partial charge in [-0.05, 0) is 24.3 Å². The number of fused-ring (bicyclic) bond motifs is 1. The van der Waals surface area contributed by atoms with Crippen LogP contribution >= 0.6 is 0 Å². The molecule has 0 unspecified atom stereocenters. The molecule has 0 aromatic carbocycles. The second-order valence-electron chi connectivity index (χ2n) is 3.39. The van der Waals surface area contributed by atoms with Gasteiger partial charge in [0.25, 0.3) is 0 Å². The summed E-state index contributed by atoms with van der Waals surface area (Å²) >= 11 is 0. The van der Waals surface area contributed by atoms with E-state index in [0.717, 1.165) is 9.08 Å². The summed E-state index contributed by atoms with van der Waals surface area (Å²) in [6.07, 6.45) is 2.88. The van der Waals surface area contributed by atoms with Crippen molar-refractivity contribution in [2.24, 2.45) is 0 Å². The van der Waals surface area contributed by atoms with Crippen LogP contribution in [-0.4, -0.2) is 29.4 Å². The molecule has 0 spiro atoms. The molecule has 88 valence electrons. The highest BCUT2D eigenvalue weighted by molar-refractivity contribution is 5.34. The molecule has 3 aromatic heterocycles. The van der Waals surface area contributed by atoms with Crippen LogP contribution in [0.1, 0.15) is 0 Å². The standard InChI is InChI=1S/C10H6N6O2/c17-9-13-7-3-2-6-12-16(7)10(18)15(9)8-4-1-5-11-14-8/h1-6H. The smallest absolute Gasteiger partial charge is 0.245 e. The van der Waals surface area contributed by atoms with E-state index in [0.29, 0.717) is 0 Å². The summed E-state index contributed by atoms with van der Waals surface area (Å²) in [5, 5.41) is 11.2. The molecule has 0 aliphatic rings. The summed E-state index contributed by atoms with van der Waals surface area (Å²) in [7, 11) is 0. The van der Waals surface area contributed by atoms with Crippen molar-refractivity contribution in [1.82, 2.24) is 29.4 Å². The van der Waals surface area contributed by atoms with Crippen LogP contribution in [0.5, 0.6) is 0 Å². The first-order valence-corrected chi connectivity index (χ1v) is 5.02. The van der Waals surface area contributed by atoms with E-state index in [9.17, 15) is 9.59 Å². The molecule has 8 heteroatoms. The lowest BCUT2D eigenvalue weighted by Gasteiger charge is -2.03. The average molecular weight is 242 g/mol. The van der Waals surface area contributed by atoms with Gasteiger partial charge < -0.3 is 0 Å². The van der Waals surface area contributed by atoms with Gasteiger partial charge in [-0.15, -0.1) is 5.10 Å². The molecule has 18 heavy (non-hydrogen) atoms. The molecule has 3 rings (SSSR count). The molecule has 3 heterocycles. The van der Waals surface area contributed by atoms with Crippen molar-refractivity contribution in [1.29, 1.82) is 0 Å². The Balaban J connectivity index is 2.45. The molecule has 0 aliphatic carbocycles. The Morgan fingerprint density at radius 2 is 1.89 bits per heavy atom. The van der Waals surface area contributed by atoms with Gasteiger partial charge in [0.2, 0.25) is 0 Å². The number of rotatable bonds is 1. The predicted octanol–water partition coefficient (Wildman–Crippen LogP) is -0.970. The highest BCUT2D eigenvalue weighted by Crippen LogP contribution is 1.94. The minimum absolute atomic E-state index is 0.111. The first kappa shape index (κ1) is 10.3. The third-order valence-corrected chi connectivity index (χ3v) is 2.29. The van der Waals surface area contributed by atoms with Crippen LogP contribution < -0.4 is 11.4 Å². The maximum Gasteiger partial charge on any atom is 0.360 e. The Labute approximate surface area is 99.2 Å². The summed E-state index contributed by atoms with van der Waals surface area (Å²) in [4.78, 5) is 27.7. The molecule has 0 saturated carbocycles. The molecule has 0 aliphatic heterocycles. The first-order chi connectivity index (χ1) is 8.77. The van der Waals surface area contributed by atoms with E-state index in [-0.39, 0.29) is 11.5 Å². The third kappa shape index (κ3) is 1.47. The molecule has 8 nitrogen and oxygen atoms in total. The Bertz CT molecular complexity index is 823. The van der Waals surface area contributed by atoms with Crippen LogP contribution in [0.25, 0.3) is 11.5 Å². The maximum absolute atomic E-state index is 12.1. The van der Waals surface area contributed by atoms with Crippen molar-refractivity contribution in [2.75, 3.05) is 0 Å². The Hall–Kier alpha value is -2.90. The topological polar surface area (TPSA) is 95.0 Å². The van der Waals surface area contributed by atoms with Crippen molar-refractivity contribution in [2.45, 2.75) is 0 Å². The van der Waals surface area contributed by atoms with Gasteiger partial charge in [-0.1, -0.05) is 0 Å². The van der Waals surface area contributed by atoms with E-state index in [4.69, 9.17) is 0 Å². The molecular formula is C10H6N6O2. The number of nitrogens with zero attached hydrogens (tertiary/aromatic N) is 6. The largest absolute Gasteiger partial charge is 0.360 e. The fraction of sp³-hybridized carbons (Fsp3) is 0. The minimum Gasteiger partial charge on any atom is -0.245 e. The van der Waals surface area contributed by atoms with Crippen LogP contribution in [0, 0.1) is 0 Å². The van der Waals surface area contributed by atoms with E-state index in [1.165, 1.54) is 24.5 Å². The lowest BCUT2D eigenvalue weighted by Crippen LogP contribution is -2.39. The van der Waals surface area contributed by atoms with Crippen LogP contribution in [0.15, 0.2) is 46.2 Å². The summed E-state index contributed by atoms with van der Waals surface area (Å²) in [6.45, 7) is 0. The van der Waals surface area contributed by atoms with Gasteiger partial charge in [0.05, 0.1) is 0 Å². The van der Waals surface area contributed by atoms with Gasteiger partial charge in [0.15, 0.2) is 11.5 Å². The summed E-state index contributed by atoms with van der Waals surface area (Å²) in [5.41, 5.74) is -1.16. The van der Waals surface area contributed by atoms with Crippen molar-refractivity contribution >= 4 is 5.65 Å². The summed E-state index contributed by atoms with van der Waals surface area (Å²) in [5.74, 6) is 0.111. The molecule has 0 fully saturated rings. The predicted molar refractivity (Wildman–Crippen MR) is 60.4 cm³/mol. The van der Waals surface area contributed by atoms with Crippen molar-refractivity contribution < 1.29 is 0 Å². The highest BCUT2D eigenvalue weighted by atomic mass is 16.2. The van der Waals surface area contributed by atoms with E-state index in [1.54, 1.807) is 12.1 Å². The van der Waals surface area contributed by atoms with Gasteiger partial charge in [-0.2, -0.15) is 24.3 Å². The van der Waals surface area contributed by atoms with E-state index in [1.807, 2.05) is 0 Å². The Morgan fingerprint density at radius 1 is 1.06 bits per heavy atom. The molecule has 0 amide bonds. The normalized spacial score (nSPS) is 10.7. The Kier molecular flexibility index (Phi) is 2.19. The Morgan fingerprint density at radius 3 is 2.67 bits per heavy atom. The van der Waals surface area contributed by atoms with Gasteiger partial charge >= 0.3 is 11.4 Å². The molecule has 0 N–H and O–H groups in total. The summed E-state index contributed by atoms with van der Waals surface area (Å²) < 4.78 is 1.84. The van der Waals surface area contributed by atoms with Crippen LogP contribution in [0.2, 0.25) is 0 Å². The van der Waals surface area contributed by atoms with Gasteiger partial charge in [0, 0.05) is 12.4 Å². The number of hydrogen-bond acceptors (Lipinski definition) is 6. The summed E-state index contributed by atoms with van der Waals surface area (Å²) in [6, 6.07) is 6.18. The quantitative estimate of drug-likeness (QED) is 0.545. The minimum atomic E-state index is -0.714. The van der Waals surface area contributed by atoms with Crippen molar-refractivity contribution in [3.63, 3.8) is 0 Å². The molecular weight excluding hydrogens is 236 g/mol. The fourth-order valence-corrected chi connectivity index (χ4v) is 1.53. The lowest BCUT2D eigenvalue weighted by molar-refractivity contribution is 0.712. The van der Waals surface area contributed by atoms with Crippen LogP contribution in [0.4, 0.5) is 0 Å². The van der Waals surface area contributed by atoms with E-state index >= 15 is 0 Å². The van der Waals surface area contributed by atoms with Gasteiger partial charge in [0.1, 0.15) is 0 Å². The monoisotopic (exact) mass is 242 g/mol. The van der Waals surface area contributed by atoms with Gasteiger partial charge in [-0.25, -0.2) is 9.59 Å². The molecule has 0 bridgehead atoms. The fourth-order valence-electron chi connectivity index (χ4n) is 1.53. The maximum atomic E-state index is 12.1. The van der Waals surface area contributed by atoms with E-state index in [2.05, 4.69) is 20.3 Å². The van der Waals surface area contributed by atoms with Crippen molar-refractivity contribution in [3.8, 4) is 5.82 Å². The second-order valence-corrected chi connectivity index (χ2v) is 3.39. The van der Waals surface area contributed by atoms with Crippen molar-refractivity contribution in [3.05, 3.63) is 57.6 Å². The lowest BCUT2D eigenvalue weighted by atomic mass is 10.5. The molecule has 0 radical (unpaired) electrons. The molecule has 0 saturated heterocycles. The third-order valence-electron chi connectivity index (χ3n) is 2.29. The second kappa shape index (κ2) is 3.84. The molecule has 0 atom stereocenters. The SMILES string of the molecule is O=c1nc2cccnn2c(=O)n1-c1cccnn1. The number of aromatic nitrogens is 6. The zero-order chi connectivity index (χ0) is 12.5. The van der Waals surface area contributed by atoms with Crippen LogP contribution in [-0.2, 0) is 0 Å². The van der Waals surface area contributed by atoms with Crippen LogP contribution in [0.3, 0.4) is 0 Å². The zero-order valence-electron chi connectivity index (χ0n) is 8.96.